The number of aromatic nitrogens is 4. The van der Waals surface area contributed by atoms with Gasteiger partial charge in [-0.3, -0.25) is 0 Å². The van der Waals surface area contributed by atoms with Gasteiger partial charge in [0.15, 0.2) is 5.69 Å². The summed E-state index contributed by atoms with van der Waals surface area (Å²) < 4.78 is 39.8. The Kier molecular flexibility index (Phi) is 3.28. The summed E-state index contributed by atoms with van der Waals surface area (Å²) in [6.45, 7) is 0. The van der Waals surface area contributed by atoms with Crippen molar-refractivity contribution in [1.29, 1.82) is 0 Å². The molecule has 0 bridgehead atoms. The predicted octanol–water partition coefficient (Wildman–Crippen LogP) is 3.65. The molecular weight excluding hydrogens is 351 g/mol. The molecule has 1 N–H and O–H groups in total. The smallest absolute Gasteiger partial charge is 0.323 e. The van der Waals surface area contributed by atoms with E-state index >= 15 is 0 Å². The first-order valence-corrected chi connectivity index (χ1v) is 6.52. The molecule has 0 aliphatic heterocycles. The molecule has 3 heterocycles. The number of rotatable bonds is 2. The quantitative estimate of drug-likeness (QED) is 0.760. The number of hydrogen-bond acceptors (Lipinski definition) is 4. The van der Waals surface area contributed by atoms with E-state index in [2.05, 4.69) is 36.2 Å². The molecule has 0 fully saturated rings. The fourth-order valence-electron chi connectivity index (χ4n) is 1.71. The summed E-state index contributed by atoms with van der Waals surface area (Å²) in [5.41, 5.74) is -0.167. The van der Waals surface area contributed by atoms with Crippen LogP contribution in [0.25, 0.3) is 5.65 Å². The molecule has 0 atom stereocenters. The highest BCUT2D eigenvalue weighted by atomic mass is 79.9. The molecule has 0 spiro atoms. The second-order valence-corrected chi connectivity index (χ2v) is 5.07. The van der Waals surface area contributed by atoms with Gasteiger partial charge in [-0.1, -0.05) is 0 Å². The van der Waals surface area contributed by atoms with Gasteiger partial charge >= 0.3 is 6.18 Å². The van der Waals surface area contributed by atoms with Gasteiger partial charge in [-0.15, -0.1) is 0 Å². The highest BCUT2D eigenvalue weighted by Gasteiger charge is 2.33. The number of pyridine rings is 1. The number of fused-ring (bicyclic) bond motifs is 1. The van der Waals surface area contributed by atoms with Crippen LogP contribution in [0.2, 0.25) is 0 Å². The van der Waals surface area contributed by atoms with E-state index in [1.54, 1.807) is 18.5 Å². The summed E-state index contributed by atoms with van der Waals surface area (Å²) in [6, 6.07) is 3.09. The predicted molar refractivity (Wildman–Crippen MR) is 73.2 cm³/mol. The van der Waals surface area contributed by atoms with Gasteiger partial charge in [-0.25, -0.2) is 15.0 Å². The largest absolute Gasteiger partial charge is 0.434 e. The summed E-state index contributed by atoms with van der Waals surface area (Å²) in [5.74, 6) is 0.341. The Balaban J connectivity index is 1.92. The lowest BCUT2D eigenvalue weighted by Gasteiger charge is -2.04. The van der Waals surface area contributed by atoms with Crippen LogP contribution in [-0.4, -0.2) is 19.4 Å². The lowest BCUT2D eigenvalue weighted by Crippen LogP contribution is -2.04. The topological polar surface area (TPSA) is 55.1 Å². The molecule has 0 aromatic carbocycles. The van der Waals surface area contributed by atoms with Crippen molar-refractivity contribution in [2.24, 2.45) is 0 Å². The molecule has 3 aromatic heterocycles. The molecule has 9 heteroatoms. The SMILES string of the molecule is FC(F)(F)c1cn2cc(Nc3ncc(Br)cn3)ccc2n1. The van der Waals surface area contributed by atoms with Crippen molar-refractivity contribution in [3.8, 4) is 0 Å². The van der Waals surface area contributed by atoms with Crippen molar-refractivity contribution in [3.63, 3.8) is 0 Å². The maximum Gasteiger partial charge on any atom is 0.434 e. The van der Waals surface area contributed by atoms with Gasteiger partial charge in [-0.2, -0.15) is 13.2 Å². The van der Waals surface area contributed by atoms with Crippen LogP contribution in [0.5, 0.6) is 0 Å². The molecule has 0 amide bonds. The number of hydrogen-bond donors (Lipinski definition) is 1. The van der Waals surface area contributed by atoms with Gasteiger partial charge in [0.2, 0.25) is 5.95 Å². The van der Waals surface area contributed by atoms with Crippen LogP contribution in [0.1, 0.15) is 5.69 Å². The van der Waals surface area contributed by atoms with Gasteiger partial charge in [0.05, 0.1) is 10.2 Å². The zero-order valence-electron chi connectivity index (χ0n) is 10.3. The Morgan fingerprint density at radius 3 is 2.48 bits per heavy atom. The molecule has 3 aromatic rings. The molecule has 0 aliphatic carbocycles. The molecule has 21 heavy (non-hydrogen) atoms. The Hall–Kier alpha value is -2.16. The van der Waals surface area contributed by atoms with E-state index in [4.69, 9.17) is 0 Å². The lowest BCUT2D eigenvalue weighted by atomic mass is 10.4. The molecular formula is C12H7BrF3N5. The minimum absolute atomic E-state index is 0.213. The van der Waals surface area contributed by atoms with Crippen LogP contribution in [0, 0.1) is 0 Å². The van der Waals surface area contributed by atoms with E-state index in [1.807, 2.05) is 0 Å². The molecule has 0 aliphatic rings. The first-order valence-electron chi connectivity index (χ1n) is 5.72. The van der Waals surface area contributed by atoms with E-state index in [1.165, 1.54) is 16.7 Å². The fourth-order valence-corrected chi connectivity index (χ4v) is 1.91. The zero-order valence-corrected chi connectivity index (χ0v) is 11.9. The molecule has 108 valence electrons. The Morgan fingerprint density at radius 2 is 1.81 bits per heavy atom. The minimum atomic E-state index is -4.46. The van der Waals surface area contributed by atoms with Crippen molar-refractivity contribution in [1.82, 2.24) is 19.4 Å². The maximum atomic E-state index is 12.6. The molecule has 0 saturated heterocycles. The number of anilines is 2. The third-order valence-electron chi connectivity index (χ3n) is 2.62. The van der Waals surface area contributed by atoms with Crippen LogP contribution >= 0.6 is 15.9 Å². The molecule has 5 nitrogen and oxygen atoms in total. The summed E-state index contributed by atoms with van der Waals surface area (Å²) in [4.78, 5) is 11.6. The molecule has 0 saturated carbocycles. The van der Waals surface area contributed by atoms with Crippen molar-refractivity contribution in [3.05, 3.63) is 47.1 Å². The maximum absolute atomic E-state index is 12.6. The van der Waals surface area contributed by atoms with Crippen molar-refractivity contribution < 1.29 is 13.2 Å². The monoisotopic (exact) mass is 357 g/mol. The summed E-state index contributed by atoms with van der Waals surface area (Å²) >= 11 is 3.21. The number of alkyl halides is 3. The van der Waals surface area contributed by atoms with Crippen LogP contribution in [-0.2, 0) is 6.18 Å². The minimum Gasteiger partial charge on any atom is -0.323 e. The normalized spacial score (nSPS) is 11.8. The lowest BCUT2D eigenvalue weighted by molar-refractivity contribution is -0.140. The first-order chi connectivity index (χ1) is 9.91. The number of nitrogens with zero attached hydrogens (tertiary/aromatic N) is 4. The van der Waals surface area contributed by atoms with E-state index in [-0.39, 0.29) is 5.65 Å². The average Bonchev–Trinajstić information content (AvgIpc) is 2.84. The summed E-state index contributed by atoms with van der Waals surface area (Å²) in [6.07, 6.45) is 1.08. The molecule has 0 unspecified atom stereocenters. The second-order valence-electron chi connectivity index (χ2n) is 4.16. The highest BCUT2D eigenvalue weighted by Crippen LogP contribution is 2.28. The van der Waals surface area contributed by atoms with Crippen LogP contribution < -0.4 is 5.32 Å². The fraction of sp³-hybridized carbons (Fsp3) is 0.0833. The summed E-state index contributed by atoms with van der Waals surface area (Å²) in [7, 11) is 0. The van der Waals surface area contributed by atoms with E-state index in [0.29, 0.717) is 11.6 Å². The van der Waals surface area contributed by atoms with E-state index in [9.17, 15) is 13.2 Å². The second kappa shape index (κ2) is 4.99. The van der Waals surface area contributed by atoms with E-state index in [0.717, 1.165) is 10.7 Å². The van der Waals surface area contributed by atoms with Crippen LogP contribution in [0.4, 0.5) is 24.8 Å². The van der Waals surface area contributed by atoms with Crippen LogP contribution in [0.15, 0.2) is 41.4 Å². The number of halogens is 4. The van der Waals surface area contributed by atoms with Crippen molar-refractivity contribution >= 4 is 33.2 Å². The van der Waals surface area contributed by atoms with Gasteiger partial charge in [0, 0.05) is 24.8 Å². The van der Waals surface area contributed by atoms with Crippen molar-refractivity contribution in [2.75, 3.05) is 5.32 Å². The van der Waals surface area contributed by atoms with Gasteiger partial charge in [-0.05, 0) is 28.1 Å². The summed E-state index contributed by atoms with van der Waals surface area (Å²) in [5, 5.41) is 2.90. The molecule has 3 rings (SSSR count). The number of imidazole rings is 1. The van der Waals surface area contributed by atoms with Crippen molar-refractivity contribution in [2.45, 2.75) is 6.18 Å². The average molecular weight is 358 g/mol. The molecule has 0 radical (unpaired) electrons. The first kappa shape index (κ1) is 13.8. The van der Waals surface area contributed by atoms with Gasteiger partial charge < -0.3 is 9.72 Å². The van der Waals surface area contributed by atoms with Gasteiger partial charge in [0.1, 0.15) is 5.65 Å². The standard InChI is InChI=1S/C12H7BrF3N5/c13-7-3-17-11(18-4-7)19-8-1-2-10-20-9(12(14,15)16)6-21(10)5-8/h1-6H,(H,17,18,19). The third-order valence-corrected chi connectivity index (χ3v) is 3.03. The number of nitrogens with one attached hydrogen (secondary N) is 1. The Labute approximate surface area is 125 Å². The van der Waals surface area contributed by atoms with E-state index < -0.39 is 11.9 Å². The Bertz CT molecular complexity index is 782. The van der Waals surface area contributed by atoms with Gasteiger partial charge in [0.25, 0.3) is 0 Å². The highest BCUT2D eigenvalue weighted by molar-refractivity contribution is 9.10. The van der Waals surface area contributed by atoms with Crippen LogP contribution in [0.3, 0.4) is 0 Å². The zero-order chi connectivity index (χ0) is 15.0. The third kappa shape index (κ3) is 2.97. The Morgan fingerprint density at radius 1 is 1.10 bits per heavy atom.